The molecule has 5 aromatic rings. The summed E-state index contributed by atoms with van der Waals surface area (Å²) in [5, 5.41) is 7.82. The van der Waals surface area contributed by atoms with E-state index in [2.05, 4.69) is 20.2 Å². The lowest BCUT2D eigenvalue weighted by Crippen LogP contribution is -2.21. The van der Waals surface area contributed by atoms with Gasteiger partial charge in [-0.15, -0.1) is 0 Å². The maximum absolute atomic E-state index is 13.0. The molecule has 4 heterocycles. The Bertz CT molecular complexity index is 1270. The average molecular weight is 374 g/mol. The third-order valence-electron chi connectivity index (χ3n) is 4.23. The van der Waals surface area contributed by atoms with Crippen molar-refractivity contribution < 1.29 is 0 Å². The number of imidazole rings is 1. The molecule has 1 aromatic carbocycles. The van der Waals surface area contributed by atoms with Crippen molar-refractivity contribution in [3.63, 3.8) is 0 Å². The van der Waals surface area contributed by atoms with Crippen LogP contribution < -0.4 is 5.56 Å². The Labute approximate surface area is 157 Å². The van der Waals surface area contributed by atoms with E-state index in [4.69, 9.17) is 0 Å². The lowest BCUT2D eigenvalue weighted by molar-refractivity contribution is 0.815. The van der Waals surface area contributed by atoms with Gasteiger partial charge in [0.1, 0.15) is 11.0 Å². The lowest BCUT2D eigenvalue weighted by Gasteiger charge is -2.11. The quantitative estimate of drug-likeness (QED) is 0.386. The molecule has 0 saturated carbocycles. The molecular weight excluding hydrogens is 360 g/mol. The molecule has 0 amide bonds. The number of rotatable bonds is 4. The van der Waals surface area contributed by atoms with Crippen molar-refractivity contribution in [1.82, 2.24) is 29.1 Å². The molecule has 5 rings (SSSR count). The highest BCUT2D eigenvalue weighted by atomic mass is 32.2. The van der Waals surface area contributed by atoms with E-state index < -0.39 is 0 Å². The second-order valence-electron chi connectivity index (χ2n) is 5.99. The van der Waals surface area contributed by atoms with E-state index in [1.807, 2.05) is 65.3 Å². The number of hydrogen-bond donors (Lipinski definition) is 1. The average Bonchev–Trinajstić information content (AvgIpc) is 3.33. The molecule has 1 N–H and O–H groups in total. The van der Waals surface area contributed by atoms with Crippen LogP contribution in [0.5, 0.6) is 0 Å². The standard InChI is InChI=1S/C19H14N6OS/c26-18-15-10-20-23-17(15)22-19(25(18)14-6-2-1-3-7-14)27-12-13-11-24-9-5-4-8-16(24)21-13/h1-11H,12H2,(H,20,23). The van der Waals surface area contributed by atoms with Gasteiger partial charge in [0.25, 0.3) is 5.56 Å². The summed E-state index contributed by atoms with van der Waals surface area (Å²) in [5.74, 6) is 0.598. The van der Waals surface area contributed by atoms with Gasteiger partial charge in [0.15, 0.2) is 10.8 Å². The first-order valence-electron chi connectivity index (χ1n) is 8.36. The zero-order valence-corrected chi connectivity index (χ0v) is 14.9. The van der Waals surface area contributed by atoms with Crippen LogP contribution in [0.1, 0.15) is 5.69 Å². The maximum atomic E-state index is 13.0. The summed E-state index contributed by atoms with van der Waals surface area (Å²) in [5.41, 5.74) is 2.94. The van der Waals surface area contributed by atoms with Crippen molar-refractivity contribution in [3.8, 4) is 5.69 Å². The van der Waals surface area contributed by atoms with Gasteiger partial charge in [0.2, 0.25) is 0 Å². The first-order valence-corrected chi connectivity index (χ1v) is 9.35. The molecule has 0 aliphatic heterocycles. The van der Waals surface area contributed by atoms with Crippen LogP contribution in [0.15, 0.2) is 77.1 Å². The van der Waals surface area contributed by atoms with Crippen LogP contribution in [-0.4, -0.2) is 29.1 Å². The minimum atomic E-state index is -0.141. The van der Waals surface area contributed by atoms with Gasteiger partial charge in [-0.3, -0.25) is 14.5 Å². The largest absolute Gasteiger partial charge is 0.307 e. The Morgan fingerprint density at radius 3 is 2.74 bits per heavy atom. The minimum Gasteiger partial charge on any atom is -0.307 e. The van der Waals surface area contributed by atoms with Crippen molar-refractivity contribution in [1.29, 1.82) is 0 Å². The normalized spacial score (nSPS) is 11.4. The molecule has 8 heteroatoms. The van der Waals surface area contributed by atoms with E-state index in [0.717, 1.165) is 17.0 Å². The van der Waals surface area contributed by atoms with E-state index in [-0.39, 0.29) is 5.56 Å². The smallest absolute Gasteiger partial charge is 0.269 e. The summed E-state index contributed by atoms with van der Waals surface area (Å²) >= 11 is 1.47. The number of pyridine rings is 1. The third kappa shape index (κ3) is 2.80. The molecule has 0 fully saturated rings. The van der Waals surface area contributed by atoms with Crippen LogP contribution in [-0.2, 0) is 5.75 Å². The summed E-state index contributed by atoms with van der Waals surface area (Å²) in [6.45, 7) is 0. The molecule has 0 radical (unpaired) electrons. The monoisotopic (exact) mass is 374 g/mol. The predicted molar refractivity (Wildman–Crippen MR) is 104 cm³/mol. The Hall–Kier alpha value is -3.39. The molecule has 4 aromatic heterocycles. The number of nitrogens with one attached hydrogen (secondary N) is 1. The van der Waals surface area contributed by atoms with E-state index >= 15 is 0 Å². The van der Waals surface area contributed by atoms with Crippen molar-refractivity contribution in [2.75, 3.05) is 0 Å². The summed E-state index contributed by atoms with van der Waals surface area (Å²) in [6.07, 6.45) is 5.47. The molecule has 0 aliphatic rings. The Morgan fingerprint density at radius 2 is 1.89 bits per heavy atom. The second-order valence-corrected chi connectivity index (χ2v) is 6.93. The number of benzene rings is 1. The van der Waals surface area contributed by atoms with Crippen molar-refractivity contribution in [2.45, 2.75) is 10.9 Å². The van der Waals surface area contributed by atoms with Crippen LogP contribution in [0.4, 0.5) is 0 Å². The van der Waals surface area contributed by atoms with Gasteiger partial charge >= 0.3 is 0 Å². The Morgan fingerprint density at radius 1 is 1.04 bits per heavy atom. The fourth-order valence-corrected chi connectivity index (χ4v) is 3.86. The van der Waals surface area contributed by atoms with Gasteiger partial charge < -0.3 is 4.40 Å². The number of thioether (sulfide) groups is 1. The van der Waals surface area contributed by atoms with Gasteiger partial charge in [-0.2, -0.15) is 5.10 Å². The minimum absolute atomic E-state index is 0.141. The van der Waals surface area contributed by atoms with E-state index in [9.17, 15) is 4.79 Å². The first kappa shape index (κ1) is 15.8. The van der Waals surface area contributed by atoms with Crippen LogP contribution in [0.2, 0.25) is 0 Å². The topological polar surface area (TPSA) is 80.9 Å². The van der Waals surface area contributed by atoms with Gasteiger partial charge in [-0.1, -0.05) is 36.0 Å². The zero-order chi connectivity index (χ0) is 18.2. The fraction of sp³-hybridized carbons (Fsp3) is 0.0526. The maximum Gasteiger partial charge on any atom is 0.269 e. The molecular formula is C19H14N6OS. The van der Waals surface area contributed by atoms with Gasteiger partial charge in [0.05, 0.1) is 17.6 Å². The van der Waals surface area contributed by atoms with E-state index in [1.165, 1.54) is 18.0 Å². The third-order valence-corrected chi connectivity index (χ3v) is 5.20. The second kappa shape index (κ2) is 6.40. The number of hydrogen-bond acceptors (Lipinski definition) is 5. The number of aromatic amines is 1. The molecule has 0 bridgehead atoms. The Balaban J connectivity index is 1.58. The molecule has 7 nitrogen and oxygen atoms in total. The van der Waals surface area contributed by atoms with Crippen LogP contribution in [0, 0.1) is 0 Å². The van der Waals surface area contributed by atoms with Crippen molar-refractivity contribution in [2.24, 2.45) is 0 Å². The molecule has 0 aliphatic carbocycles. The van der Waals surface area contributed by atoms with Crippen LogP contribution in [0.3, 0.4) is 0 Å². The van der Waals surface area contributed by atoms with Gasteiger partial charge in [-0.05, 0) is 24.3 Å². The Kier molecular flexibility index (Phi) is 3.75. The lowest BCUT2D eigenvalue weighted by atomic mass is 10.3. The number of H-pyrrole nitrogens is 1. The molecule has 0 spiro atoms. The van der Waals surface area contributed by atoms with Crippen LogP contribution >= 0.6 is 11.8 Å². The van der Waals surface area contributed by atoms with Crippen molar-refractivity contribution >= 4 is 28.4 Å². The predicted octanol–water partition coefficient (Wildman–Crippen LogP) is 3.05. The van der Waals surface area contributed by atoms with Gasteiger partial charge in [0, 0.05) is 18.1 Å². The summed E-state index contributed by atoms with van der Waals surface area (Å²) in [4.78, 5) is 22.2. The highest BCUT2D eigenvalue weighted by Gasteiger charge is 2.15. The molecule has 27 heavy (non-hydrogen) atoms. The first-order chi connectivity index (χ1) is 13.3. The van der Waals surface area contributed by atoms with E-state index in [1.54, 1.807) is 4.57 Å². The highest BCUT2D eigenvalue weighted by molar-refractivity contribution is 7.98. The molecule has 132 valence electrons. The number of nitrogens with zero attached hydrogens (tertiary/aromatic N) is 5. The summed E-state index contributed by atoms with van der Waals surface area (Å²) in [7, 11) is 0. The number of para-hydroxylation sites is 1. The number of fused-ring (bicyclic) bond motifs is 2. The van der Waals surface area contributed by atoms with Crippen LogP contribution in [0.25, 0.3) is 22.4 Å². The molecule has 0 atom stereocenters. The fourth-order valence-electron chi connectivity index (χ4n) is 2.97. The molecule has 0 saturated heterocycles. The summed E-state index contributed by atoms with van der Waals surface area (Å²) in [6, 6.07) is 15.4. The SMILES string of the molecule is O=c1c2cn[nH]c2nc(SCc2cn3ccccc3n2)n1-c1ccccc1. The van der Waals surface area contributed by atoms with Gasteiger partial charge in [-0.25, -0.2) is 9.97 Å². The van der Waals surface area contributed by atoms with Crippen molar-refractivity contribution in [3.05, 3.63) is 83.2 Å². The van der Waals surface area contributed by atoms with E-state index in [0.29, 0.717) is 21.9 Å². The highest BCUT2D eigenvalue weighted by Crippen LogP contribution is 2.24. The summed E-state index contributed by atoms with van der Waals surface area (Å²) < 4.78 is 3.60. The zero-order valence-electron chi connectivity index (χ0n) is 14.1. The molecule has 0 unspecified atom stereocenters. The number of aromatic nitrogens is 6.